The minimum Gasteiger partial charge on any atom is -0.369 e. The molecule has 10 heteroatoms. The maximum Gasteiger partial charge on any atom is 0.270 e. The largest absolute Gasteiger partial charge is 0.369 e. The molecule has 0 radical (unpaired) electrons. The molecule has 0 saturated heterocycles. The highest BCUT2D eigenvalue weighted by molar-refractivity contribution is 6.12. The van der Waals surface area contributed by atoms with E-state index in [0.29, 0.717) is 27.8 Å². The van der Waals surface area contributed by atoms with Gasteiger partial charge in [-0.3, -0.25) is 25.0 Å². The summed E-state index contributed by atoms with van der Waals surface area (Å²) in [4.78, 5) is 37.4. The van der Waals surface area contributed by atoms with E-state index in [0.717, 1.165) is 0 Å². The molecular weight excluding hydrogens is 390 g/mol. The average Bonchev–Trinajstić information content (AvgIpc) is 3.00. The fourth-order valence-corrected chi connectivity index (χ4v) is 3.48. The first-order valence-corrected chi connectivity index (χ1v) is 8.73. The van der Waals surface area contributed by atoms with Crippen LogP contribution in [0.2, 0.25) is 0 Å². The number of allylic oxidation sites excluding steroid dienone is 1. The molecule has 0 spiro atoms. The van der Waals surface area contributed by atoms with Gasteiger partial charge in [-0.25, -0.2) is 0 Å². The molecule has 0 aromatic heterocycles. The number of benzene rings is 2. The summed E-state index contributed by atoms with van der Waals surface area (Å²) in [7, 11) is 6.31. The first-order chi connectivity index (χ1) is 14.1. The van der Waals surface area contributed by atoms with Crippen molar-refractivity contribution in [1.29, 1.82) is 5.26 Å². The van der Waals surface area contributed by atoms with E-state index in [9.17, 15) is 30.3 Å². The van der Waals surface area contributed by atoms with E-state index in [4.69, 9.17) is 0 Å². The molecule has 30 heavy (non-hydrogen) atoms. The summed E-state index contributed by atoms with van der Waals surface area (Å²) in [6.45, 7) is 0. The van der Waals surface area contributed by atoms with Gasteiger partial charge in [-0.05, 0) is 17.2 Å². The third kappa shape index (κ3) is 3.12. The molecule has 0 unspecified atom stereocenters. The second-order valence-corrected chi connectivity index (χ2v) is 7.09. The average molecular weight is 407 g/mol. The van der Waals surface area contributed by atoms with Crippen molar-refractivity contribution in [2.75, 3.05) is 28.2 Å². The van der Waals surface area contributed by atoms with Crippen molar-refractivity contribution in [3.63, 3.8) is 0 Å². The van der Waals surface area contributed by atoms with Crippen molar-refractivity contribution in [3.05, 3.63) is 72.9 Å². The summed E-state index contributed by atoms with van der Waals surface area (Å²) >= 11 is 0. The van der Waals surface area contributed by atoms with E-state index in [1.807, 2.05) is 0 Å². The van der Waals surface area contributed by atoms with E-state index in [2.05, 4.69) is 6.07 Å². The van der Waals surface area contributed by atoms with Crippen LogP contribution in [0.5, 0.6) is 0 Å². The summed E-state index contributed by atoms with van der Waals surface area (Å²) in [5, 5.41) is 32.6. The lowest BCUT2D eigenvalue weighted by Gasteiger charge is -2.16. The number of rotatable bonds is 4. The predicted molar refractivity (Wildman–Crippen MR) is 109 cm³/mol. The zero-order valence-corrected chi connectivity index (χ0v) is 16.7. The molecule has 0 atom stereocenters. The summed E-state index contributed by atoms with van der Waals surface area (Å²) in [6.07, 6.45) is 0. The highest BCUT2D eigenvalue weighted by atomic mass is 16.6. The Morgan fingerprint density at radius 3 is 2.00 bits per heavy atom. The number of hydrogen-bond acceptors (Lipinski definition) is 7. The zero-order valence-electron chi connectivity index (χ0n) is 16.7. The monoisotopic (exact) mass is 407 g/mol. The Morgan fingerprint density at radius 2 is 1.50 bits per heavy atom. The third-order valence-corrected chi connectivity index (χ3v) is 4.78. The van der Waals surface area contributed by atoms with E-state index in [-0.39, 0.29) is 22.6 Å². The number of hydrogen-bond donors (Lipinski definition) is 0. The second-order valence-electron chi connectivity index (χ2n) is 7.09. The fourth-order valence-electron chi connectivity index (χ4n) is 3.48. The molecule has 2 aromatic rings. The van der Waals surface area contributed by atoms with E-state index < -0.39 is 15.8 Å². The number of amides is 1. The zero-order chi connectivity index (χ0) is 22.3. The molecule has 0 aliphatic heterocycles. The van der Waals surface area contributed by atoms with Crippen molar-refractivity contribution in [2.24, 2.45) is 0 Å². The van der Waals surface area contributed by atoms with Gasteiger partial charge in [-0.2, -0.15) is 5.26 Å². The third-order valence-electron chi connectivity index (χ3n) is 4.78. The number of fused-ring (bicyclic) bond motifs is 3. The minimum absolute atomic E-state index is 0.0883. The fraction of sp³-hybridized carbons (Fsp3) is 0.200. The Morgan fingerprint density at radius 1 is 0.900 bits per heavy atom. The number of non-ortho nitro benzene ring substituents is 2. The molecule has 0 fully saturated rings. The van der Waals surface area contributed by atoms with Crippen molar-refractivity contribution in [1.82, 2.24) is 9.80 Å². The van der Waals surface area contributed by atoms with Gasteiger partial charge in [0.15, 0.2) is 0 Å². The number of nitrogens with zero attached hydrogens (tertiary/aromatic N) is 5. The summed E-state index contributed by atoms with van der Waals surface area (Å²) in [5.41, 5.74) is 1.67. The van der Waals surface area contributed by atoms with E-state index >= 15 is 0 Å². The molecule has 10 nitrogen and oxygen atoms in total. The van der Waals surface area contributed by atoms with Gasteiger partial charge in [-0.15, -0.1) is 0 Å². The predicted octanol–water partition coefficient (Wildman–Crippen LogP) is 3.03. The number of carbonyl (C=O) groups excluding carboxylic acids is 1. The van der Waals surface area contributed by atoms with Crippen LogP contribution in [0, 0.1) is 31.6 Å². The van der Waals surface area contributed by atoms with Crippen molar-refractivity contribution >= 4 is 22.9 Å². The Kier molecular flexibility index (Phi) is 4.97. The first-order valence-electron chi connectivity index (χ1n) is 8.73. The van der Waals surface area contributed by atoms with Crippen LogP contribution in [0.3, 0.4) is 0 Å². The highest BCUT2D eigenvalue weighted by Gasteiger charge is 2.35. The van der Waals surface area contributed by atoms with Crippen LogP contribution in [0.15, 0.2) is 36.0 Å². The van der Waals surface area contributed by atoms with E-state index in [1.54, 1.807) is 14.1 Å². The summed E-state index contributed by atoms with van der Waals surface area (Å²) in [5.74, 6) is -0.455. The standard InChI is InChI=1S/C20H17N5O5/c1-22(2)17(10-21)19-14-7-11(24(27)28)5-6-13(14)18-15(19)8-12(25(29)30)9-16(18)20(26)23(3)4/h5-9H,1-4H3/b19-17+. The first kappa shape index (κ1) is 20.5. The van der Waals surface area contributed by atoms with Gasteiger partial charge < -0.3 is 9.80 Å². The minimum atomic E-state index is -0.614. The molecule has 2 aromatic carbocycles. The lowest BCUT2D eigenvalue weighted by atomic mass is 9.96. The van der Waals surface area contributed by atoms with Gasteiger partial charge >= 0.3 is 0 Å². The second kappa shape index (κ2) is 7.29. The Balaban J connectivity index is 2.54. The SMILES string of the molecule is CN(C)C(=O)c1cc([N+](=O)[O-])cc2c1-c1ccc([N+](=O)[O-])cc1/C2=C(/C#N)N(C)C. The topological polar surface area (TPSA) is 134 Å². The molecule has 0 heterocycles. The maximum absolute atomic E-state index is 12.8. The van der Waals surface area contributed by atoms with Crippen LogP contribution < -0.4 is 0 Å². The number of nitro benzene ring substituents is 2. The number of nitriles is 1. The molecular formula is C20H17N5O5. The van der Waals surface area contributed by atoms with Gasteiger partial charge in [0.05, 0.1) is 15.4 Å². The molecule has 1 amide bonds. The molecule has 152 valence electrons. The van der Waals surface area contributed by atoms with Crippen LogP contribution in [0.4, 0.5) is 11.4 Å². The lowest BCUT2D eigenvalue weighted by Crippen LogP contribution is -2.22. The normalized spacial score (nSPS) is 13.0. The van der Waals surface area contributed by atoms with Crippen LogP contribution >= 0.6 is 0 Å². The van der Waals surface area contributed by atoms with Gasteiger partial charge in [0.25, 0.3) is 17.3 Å². The summed E-state index contributed by atoms with van der Waals surface area (Å²) < 4.78 is 0. The lowest BCUT2D eigenvalue weighted by molar-refractivity contribution is -0.385. The van der Waals surface area contributed by atoms with Gasteiger partial charge in [0, 0.05) is 69.2 Å². The quantitative estimate of drug-likeness (QED) is 0.368. The van der Waals surface area contributed by atoms with Crippen LogP contribution in [0.1, 0.15) is 21.5 Å². The van der Waals surface area contributed by atoms with Crippen molar-refractivity contribution in [2.45, 2.75) is 0 Å². The number of carbonyl (C=O) groups is 1. The van der Waals surface area contributed by atoms with Crippen LogP contribution in [-0.4, -0.2) is 53.7 Å². The maximum atomic E-state index is 12.8. The highest BCUT2D eigenvalue weighted by Crippen LogP contribution is 2.50. The summed E-state index contributed by atoms with van der Waals surface area (Å²) in [6, 6.07) is 8.68. The van der Waals surface area contributed by atoms with Gasteiger partial charge in [0.2, 0.25) is 0 Å². The molecule has 0 bridgehead atoms. The van der Waals surface area contributed by atoms with Gasteiger partial charge in [-0.1, -0.05) is 0 Å². The molecule has 3 rings (SSSR count). The van der Waals surface area contributed by atoms with Crippen LogP contribution in [-0.2, 0) is 0 Å². The molecule has 1 aliphatic rings. The van der Waals surface area contributed by atoms with Crippen LogP contribution in [0.25, 0.3) is 16.7 Å². The molecule has 1 aliphatic carbocycles. The Hall–Kier alpha value is -4.26. The Bertz CT molecular complexity index is 1190. The van der Waals surface area contributed by atoms with Gasteiger partial charge in [0.1, 0.15) is 11.8 Å². The van der Waals surface area contributed by atoms with Crippen molar-refractivity contribution < 1.29 is 14.6 Å². The smallest absolute Gasteiger partial charge is 0.270 e. The molecule has 0 saturated carbocycles. The molecule has 0 N–H and O–H groups in total. The van der Waals surface area contributed by atoms with Crippen molar-refractivity contribution in [3.8, 4) is 17.2 Å². The Labute approximate surface area is 171 Å². The number of nitro groups is 2. The van der Waals surface area contributed by atoms with E-state index in [1.165, 1.54) is 54.2 Å².